The van der Waals surface area contributed by atoms with Crippen molar-refractivity contribution in [2.75, 3.05) is 6.54 Å². The van der Waals surface area contributed by atoms with Gasteiger partial charge in [-0.2, -0.15) is 0 Å². The Bertz CT molecular complexity index is 1190. The number of ether oxygens (including phenoxy) is 1. The van der Waals surface area contributed by atoms with E-state index in [0.29, 0.717) is 19.4 Å². The van der Waals surface area contributed by atoms with E-state index >= 15 is 0 Å². The molecule has 2 unspecified atom stereocenters. The van der Waals surface area contributed by atoms with Crippen molar-refractivity contribution in [3.63, 3.8) is 0 Å². The van der Waals surface area contributed by atoms with Gasteiger partial charge in [0.1, 0.15) is 5.76 Å². The van der Waals surface area contributed by atoms with E-state index in [1.165, 1.54) is 6.92 Å². The van der Waals surface area contributed by atoms with Crippen LogP contribution in [0.5, 0.6) is 0 Å². The van der Waals surface area contributed by atoms with Crippen LogP contribution in [0.3, 0.4) is 0 Å². The molecule has 1 aromatic heterocycles. The van der Waals surface area contributed by atoms with Gasteiger partial charge in [0.05, 0.1) is 11.5 Å². The first-order valence-corrected chi connectivity index (χ1v) is 11.4. The molecule has 0 aliphatic carbocycles. The number of benzene rings is 2. The maximum atomic E-state index is 13.1. The third-order valence-electron chi connectivity index (χ3n) is 6.04. The number of aromatic amines is 1. The predicted octanol–water partition coefficient (Wildman–Crippen LogP) is 4.76. The third kappa shape index (κ3) is 4.65. The summed E-state index contributed by atoms with van der Waals surface area (Å²) in [5.74, 6) is -0.823. The normalized spacial score (nSPS) is 17.0. The minimum atomic E-state index is -0.633. The number of esters is 1. The molecule has 33 heavy (non-hydrogen) atoms. The summed E-state index contributed by atoms with van der Waals surface area (Å²) in [4.78, 5) is 28.1. The standard InChI is InChI=1S/C27H30N2O4/c1-16(2)15-22-26(31)24(27(32)33-22)23(18-9-5-4-6-10-18)25-20(13-14-28-17(3)30)19-11-7-8-12-21(19)29-25/h4-12,16,22-23,29,31H,13-15H2,1-3H3,(H,28,30). The molecule has 6 heteroatoms. The summed E-state index contributed by atoms with van der Waals surface area (Å²) in [5.41, 5.74) is 3.94. The molecule has 1 aliphatic heterocycles. The molecule has 3 N–H and O–H groups in total. The smallest absolute Gasteiger partial charge is 0.339 e. The molecule has 1 amide bonds. The zero-order valence-electron chi connectivity index (χ0n) is 19.2. The van der Waals surface area contributed by atoms with Crippen molar-refractivity contribution in [1.82, 2.24) is 10.3 Å². The van der Waals surface area contributed by atoms with Crippen molar-refractivity contribution in [2.45, 2.75) is 45.6 Å². The Balaban J connectivity index is 1.88. The summed E-state index contributed by atoms with van der Waals surface area (Å²) in [5, 5.41) is 15.0. The van der Waals surface area contributed by atoms with Crippen LogP contribution in [0.25, 0.3) is 10.9 Å². The molecule has 4 rings (SSSR count). The summed E-state index contributed by atoms with van der Waals surface area (Å²) in [6, 6.07) is 17.6. The maximum absolute atomic E-state index is 13.1. The van der Waals surface area contributed by atoms with Crippen molar-refractivity contribution in [2.24, 2.45) is 5.92 Å². The first-order chi connectivity index (χ1) is 15.9. The van der Waals surface area contributed by atoms with Gasteiger partial charge in [0.25, 0.3) is 0 Å². The summed E-state index contributed by atoms with van der Waals surface area (Å²) < 4.78 is 5.61. The third-order valence-corrected chi connectivity index (χ3v) is 6.04. The van der Waals surface area contributed by atoms with Crippen LogP contribution in [0.2, 0.25) is 0 Å². The quantitative estimate of drug-likeness (QED) is 0.435. The first-order valence-electron chi connectivity index (χ1n) is 11.4. The number of carbonyl (C=O) groups excluding carboxylic acids is 2. The summed E-state index contributed by atoms with van der Waals surface area (Å²) in [6.45, 7) is 6.03. The zero-order valence-corrected chi connectivity index (χ0v) is 19.2. The minimum Gasteiger partial charge on any atom is -0.508 e. The molecule has 2 heterocycles. The Hall–Kier alpha value is -3.54. The van der Waals surface area contributed by atoms with E-state index in [2.05, 4.69) is 10.3 Å². The molecule has 0 spiro atoms. The number of aromatic nitrogens is 1. The molecular formula is C27H30N2O4. The van der Waals surface area contributed by atoms with E-state index in [1.807, 2.05) is 68.4 Å². The maximum Gasteiger partial charge on any atom is 0.339 e. The molecule has 0 saturated carbocycles. The first kappa shape index (κ1) is 22.6. The monoisotopic (exact) mass is 446 g/mol. The molecule has 2 aromatic carbocycles. The predicted molar refractivity (Wildman–Crippen MR) is 128 cm³/mol. The number of fused-ring (bicyclic) bond motifs is 1. The van der Waals surface area contributed by atoms with Crippen LogP contribution in [-0.4, -0.2) is 34.6 Å². The highest BCUT2D eigenvalue weighted by Gasteiger charge is 2.41. The molecule has 2 atom stereocenters. The number of amides is 1. The molecule has 1 aliphatic rings. The van der Waals surface area contributed by atoms with E-state index in [-0.39, 0.29) is 23.2 Å². The summed E-state index contributed by atoms with van der Waals surface area (Å²) in [6.07, 6.45) is 0.511. The number of aliphatic hydroxyl groups excluding tert-OH is 1. The number of cyclic esters (lactones) is 1. The summed E-state index contributed by atoms with van der Waals surface area (Å²) >= 11 is 0. The Kier molecular flexibility index (Phi) is 6.54. The molecular weight excluding hydrogens is 416 g/mol. The van der Waals surface area contributed by atoms with Gasteiger partial charge < -0.3 is 20.1 Å². The van der Waals surface area contributed by atoms with Crippen molar-refractivity contribution in [1.29, 1.82) is 0 Å². The van der Waals surface area contributed by atoms with Gasteiger partial charge >= 0.3 is 5.97 Å². The topological polar surface area (TPSA) is 91.4 Å². The van der Waals surface area contributed by atoms with E-state index in [0.717, 1.165) is 27.7 Å². The van der Waals surface area contributed by atoms with Crippen LogP contribution >= 0.6 is 0 Å². The molecule has 0 radical (unpaired) electrons. The average Bonchev–Trinajstić information content (AvgIpc) is 3.27. The number of aliphatic hydroxyl groups is 1. The lowest BCUT2D eigenvalue weighted by Gasteiger charge is -2.19. The number of hydrogen-bond acceptors (Lipinski definition) is 4. The number of H-pyrrole nitrogens is 1. The molecule has 0 fully saturated rings. The number of carbonyl (C=O) groups is 2. The second-order valence-corrected chi connectivity index (χ2v) is 8.96. The second kappa shape index (κ2) is 9.53. The largest absolute Gasteiger partial charge is 0.508 e. The lowest BCUT2D eigenvalue weighted by Crippen LogP contribution is -2.23. The van der Waals surface area contributed by atoms with Gasteiger partial charge in [-0.1, -0.05) is 62.4 Å². The van der Waals surface area contributed by atoms with E-state index in [1.54, 1.807) is 0 Å². The molecule has 0 bridgehead atoms. The number of rotatable bonds is 8. The Morgan fingerprint density at radius 2 is 1.82 bits per heavy atom. The van der Waals surface area contributed by atoms with Crippen molar-refractivity contribution >= 4 is 22.8 Å². The number of hydrogen-bond donors (Lipinski definition) is 3. The fourth-order valence-electron chi connectivity index (χ4n) is 4.60. The van der Waals surface area contributed by atoms with Crippen LogP contribution in [0.1, 0.15) is 49.9 Å². The molecule has 172 valence electrons. The highest BCUT2D eigenvalue weighted by molar-refractivity contribution is 5.95. The van der Waals surface area contributed by atoms with Gasteiger partial charge in [-0.05, 0) is 36.0 Å². The van der Waals surface area contributed by atoms with Crippen LogP contribution < -0.4 is 5.32 Å². The van der Waals surface area contributed by atoms with Crippen LogP contribution in [0.4, 0.5) is 0 Å². The van der Waals surface area contributed by atoms with Gasteiger partial charge in [0.15, 0.2) is 6.10 Å². The van der Waals surface area contributed by atoms with E-state index in [9.17, 15) is 14.7 Å². The van der Waals surface area contributed by atoms with Crippen LogP contribution in [-0.2, 0) is 20.7 Å². The Labute approximate surface area is 193 Å². The lowest BCUT2D eigenvalue weighted by molar-refractivity contribution is -0.140. The second-order valence-electron chi connectivity index (χ2n) is 8.96. The SMILES string of the molecule is CC(=O)NCCc1c(C(C2=C(O)C(CC(C)C)OC2=O)c2ccccc2)[nH]c2ccccc12. The Morgan fingerprint density at radius 3 is 2.52 bits per heavy atom. The van der Waals surface area contributed by atoms with Gasteiger partial charge in [0.2, 0.25) is 5.91 Å². The molecule has 6 nitrogen and oxygen atoms in total. The minimum absolute atomic E-state index is 0.00835. The highest BCUT2D eigenvalue weighted by Crippen LogP contribution is 2.42. The Morgan fingerprint density at radius 1 is 1.12 bits per heavy atom. The average molecular weight is 447 g/mol. The van der Waals surface area contributed by atoms with Crippen molar-refractivity contribution in [3.8, 4) is 0 Å². The van der Waals surface area contributed by atoms with Gasteiger partial charge in [-0.15, -0.1) is 0 Å². The van der Waals surface area contributed by atoms with Crippen molar-refractivity contribution in [3.05, 3.63) is 82.8 Å². The lowest BCUT2D eigenvalue weighted by atomic mass is 9.84. The van der Waals surface area contributed by atoms with Crippen LogP contribution in [0.15, 0.2) is 65.9 Å². The number of para-hydroxylation sites is 1. The summed E-state index contributed by atoms with van der Waals surface area (Å²) in [7, 11) is 0. The fourth-order valence-corrected chi connectivity index (χ4v) is 4.60. The van der Waals surface area contributed by atoms with Gasteiger partial charge in [-0.3, -0.25) is 4.79 Å². The van der Waals surface area contributed by atoms with Gasteiger partial charge in [0, 0.05) is 30.1 Å². The number of nitrogens with one attached hydrogen (secondary N) is 2. The zero-order chi connectivity index (χ0) is 23.5. The van der Waals surface area contributed by atoms with Crippen LogP contribution in [0, 0.1) is 5.92 Å². The molecule has 3 aromatic rings. The fraction of sp³-hybridized carbons (Fsp3) is 0.333. The van der Waals surface area contributed by atoms with Crippen molar-refractivity contribution < 1.29 is 19.4 Å². The van der Waals surface area contributed by atoms with E-state index in [4.69, 9.17) is 4.74 Å². The van der Waals surface area contributed by atoms with Gasteiger partial charge in [-0.25, -0.2) is 4.79 Å². The highest BCUT2D eigenvalue weighted by atomic mass is 16.6. The van der Waals surface area contributed by atoms with E-state index < -0.39 is 18.0 Å². The molecule has 0 saturated heterocycles.